The molecule has 0 amide bonds. The van der Waals surface area contributed by atoms with E-state index in [9.17, 15) is 10.2 Å². The van der Waals surface area contributed by atoms with E-state index in [4.69, 9.17) is 4.74 Å². The Hall–Kier alpha value is -1.48. The van der Waals surface area contributed by atoms with Crippen LogP contribution in [0.2, 0.25) is 0 Å². The van der Waals surface area contributed by atoms with Gasteiger partial charge in [0.15, 0.2) is 0 Å². The molecule has 0 radical (unpaired) electrons. The van der Waals surface area contributed by atoms with Gasteiger partial charge in [-0.25, -0.2) is 0 Å². The Morgan fingerprint density at radius 1 is 1.18 bits per heavy atom. The van der Waals surface area contributed by atoms with Crippen molar-refractivity contribution in [2.75, 3.05) is 6.61 Å². The lowest BCUT2D eigenvalue weighted by molar-refractivity contribution is 0.00662. The van der Waals surface area contributed by atoms with Crippen molar-refractivity contribution < 1.29 is 14.9 Å². The first-order valence-corrected chi connectivity index (χ1v) is 11.0. The van der Waals surface area contributed by atoms with Crippen molar-refractivity contribution in [3.05, 3.63) is 34.9 Å². The SMILES string of the molecule is CCCCCCC(C)(C)c1cc(O)c2c(c1)OC(C)(C)[C@@H]1CC=C(CO)CC21. The summed E-state index contributed by atoms with van der Waals surface area (Å²) in [7, 11) is 0. The molecule has 2 N–H and O–H groups in total. The highest BCUT2D eigenvalue weighted by atomic mass is 16.5. The van der Waals surface area contributed by atoms with Crippen LogP contribution in [0.25, 0.3) is 0 Å². The first kappa shape index (κ1) is 21.2. The summed E-state index contributed by atoms with van der Waals surface area (Å²) in [5, 5.41) is 20.7. The van der Waals surface area contributed by atoms with Crippen molar-refractivity contribution in [3.8, 4) is 11.5 Å². The van der Waals surface area contributed by atoms with Gasteiger partial charge in [-0.05, 0) is 61.8 Å². The summed E-state index contributed by atoms with van der Waals surface area (Å²) < 4.78 is 6.47. The highest BCUT2D eigenvalue weighted by Crippen LogP contribution is 2.54. The Morgan fingerprint density at radius 2 is 1.93 bits per heavy atom. The minimum atomic E-state index is -0.286. The largest absolute Gasteiger partial charge is 0.508 e. The molecule has 0 aromatic heterocycles. The number of phenolic OH excluding ortho intramolecular Hbond substituents is 1. The zero-order chi connectivity index (χ0) is 20.5. The number of fused-ring (bicyclic) bond motifs is 3. The van der Waals surface area contributed by atoms with Crippen molar-refractivity contribution in [1.29, 1.82) is 0 Å². The number of unbranched alkanes of at least 4 members (excludes halogenated alkanes) is 3. The molecule has 1 aliphatic heterocycles. The van der Waals surface area contributed by atoms with Crippen molar-refractivity contribution >= 4 is 0 Å². The van der Waals surface area contributed by atoms with E-state index < -0.39 is 0 Å². The minimum Gasteiger partial charge on any atom is -0.508 e. The van der Waals surface area contributed by atoms with Gasteiger partial charge in [0.05, 0.1) is 6.61 Å². The van der Waals surface area contributed by atoms with Crippen LogP contribution in [0.5, 0.6) is 11.5 Å². The standard InChI is InChI=1S/C25H38O3/c1-6-7-8-9-12-24(2,3)18-14-21(27)23-19-13-17(16-26)10-11-20(19)25(4,5)28-22(23)15-18/h10,14-15,19-20,26-27H,6-9,11-13,16H2,1-5H3/t19?,20-/m1/s1. The van der Waals surface area contributed by atoms with Crippen molar-refractivity contribution in [3.63, 3.8) is 0 Å². The fourth-order valence-corrected chi connectivity index (χ4v) is 5.12. The molecule has 0 bridgehead atoms. The molecule has 156 valence electrons. The molecule has 1 heterocycles. The molecule has 1 aromatic rings. The number of phenols is 1. The zero-order valence-electron chi connectivity index (χ0n) is 18.3. The lowest BCUT2D eigenvalue weighted by Crippen LogP contribution is -2.45. The second kappa shape index (κ2) is 8.10. The number of hydrogen-bond acceptors (Lipinski definition) is 3. The molecule has 0 saturated carbocycles. The smallest absolute Gasteiger partial charge is 0.127 e. The Kier molecular flexibility index (Phi) is 6.14. The highest BCUT2D eigenvalue weighted by Gasteiger charge is 2.46. The number of aliphatic hydroxyl groups excluding tert-OH is 1. The summed E-state index contributed by atoms with van der Waals surface area (Å²) in [6, 6.07) is 4.14. The molecule has 0 spiro atoms. The molecule has 3 rings (SSSR count). The second-order valence-electron chi connectivity index (χ2n) is 9.98. The Balaban J connectivity index is 1.93. The van der Waals surface area contributed by atoms with Gasteiger partial charge in [0.2, 0.25) is 0 Å². The average molecular weight is 387 g/mol. The van der Waals surface area contributed by atoms with E-state index in [-0.39, 0.29) is 23.5 Å². The predicted molar refractivity (Wildman–Crippen MR) is 115 cm³/mol. The molecule has 1 aromatic carbocycles. The summed E-state index contributed by atoms with van der Waals surface area (Å²) in [5.41, 5.74) is 2.89. The van der Waals surface area contributed by atoms with E-state index >= 15 is 0 Å². The fraction of sp³-hybridized carbons (Fsp3) is 0.680. The maximum Gasteiger partial charge on any atom is 0.127 e. The van der Waals surface area contributed by atoms with E-state index in [1.165, 1.54) is 25.7 Å². The molecule has 28 heavy (non-hydrogen) atoms. The maximum atomic E-state index is 11.0. The van der Waals surface area contributed by atoms with Gasteiger partial charge in [0, 0.05) is 17.4 Å². The summed E-state index contributed by atoms with van der Waals surface area (Å²) in [6.07, 6.45) is 9.95. The van der Waals surface area contributed by atoms with E-state index in [0.29, 0.717) is 11.7 Å². The van der Waals surface area contributed by atoms with Gasteiger partial charge >= 0.3 is 0 Å². The lowest BCUT2D eigenvalue weighted by Gasteiger charge is -2.47. The van der Waals surface area contributed by atoms with Gasteiger partial charge in [-0.2, -0.15) is 0 Å². The monoisotopic (exact) mass is 386 g/mol. The minimum absolute atomic E-state index is 0.00727. The fourth-order valence-electron chi connectivity index (χ4n) is 5.12. The topological polar surface area (TPSA) is 49.7 Å². The van der Waals surface area contributed by atoms with Crippen LogP contribution in [0.1, 0.15) is 96.6 Å². The Labute approximate surface area is 170 Å². The molecule has 1 aliphatic carbocycles. The third-order valence-corrected chi connectivity index (χ3v) is 7.03. The van der Waals surface area contributed by atoms with E-state index in [1.54, 1.807) is 0 Å². The third-order valence-electron chi connectivity index (χ3n) is 7.03. The first-order valence-electron chi connectivity index (χ1n) is 11.0. The summed E-state index contributed by atoms with van der Waals surface area (Å²) in [6.45, 7) is 11.2. The molecular weight excluding hydrogens is 348 g/mol. The van der Waals surface area contributed by atoms with Crippen LogP contribution in [0.3, 0.4) is 0 Å². The van der Waals surface area contributed by atoms with E-state index in [2.05, 4.69) is 46.8 Å². The van der Waals surface area contributed by atoms with Crippen LogP contribution in [0.15, 0.2) is 23.8 Å². The van der Waals surface area contributed by atoms with E-state index in [1.807, 2.05) is 6.07 Å². The van der Waals surface area contributed by atoms with Gasteiger partial charge < -0.3 is 14.9 Å². The average Bonchev–Trinajstić information content (AvgIpc) is 2.63. The maximum absolute atomic E-state index is 11.0. The van der Waals surface area contributed by atoms with E-state index in [0.717, 1.165) is 41.7 Å². The number of rotatable bonds is 7. The van der Waals surface area contributed by atoms with Gasteiger partial charge in [0.1, 0.15) is 17.1 Å². The third kappa shape index (κ3) is 4.10. The summed E-state index contributed by atoms with van der Waals surface area (Å²) in [4.78, 5) is 0. The lowest BCUT2D eigenvalue weighted by atomic mass is 9.66. The first-order chi connectivity index (χ1) is 13.2. The van der Waals surface area contributed by atoms with Crippen LogP contribution in [-0.2, 0) is 5.41 Å². The quantitative estimate of drug-likeness (QED) is 0.432. The molecule has 3 nitrogen and oxygen atoms in total. The number of allylic oxidation sites excluding steroid dienone is 1. The predicted octanol–water partition coefficient (Wildman–Crippen LogP) is 6.22. The number of hydrogen-bond donors (Lipinski definition) is 2. The number of aliphatic hydroxyl groups is 1. The normalized spacial score (nSPS) is 23.4. The highest BCUT2D eigenvalue weighted by molar-refractivity contribution is 5.54. The van der Waals surface area contributed by atoms with Crippen molar-refractivity contribution in [2.24, 2.45) is 5.92 Å². The molecule has 0 saturated heterocycles. The van der Waals surface area contributed by atoms with Gasteiger partial charge in [-0.3, -0.25) is 0 Å². The molecular formula is C25H38O3. The number of benzene rings is 1. The Morgan fingerprint density at radius 3 is 2.61 bits per heavy atom. The van der Waals surface area contributed by atoms with Gasteiger partial charge in [-0.1, -0.05) is 52.5 Å². The van der Waals surface area contributed by atoms with Crippen LogP contribution >= 0.6 is 0 Å². The zero-order valence-corrected chi connectivity index (χ0v) is 18.3. The van der Waals surface area contributed by atoms with Crippen molar-refractivity contribution in [1.82, 2.24) is 0 Å². The Bertz CT molecular complexity index is 730. The summed E-state index contributed by atoms with van der Waals surface area (Å²) in [5.74, 6) is 1.71. The number of ether oxygens (including phenoxy) is 1. The van der Waals surface area contributed by atoms with Crippen LogP contribution < -0.4 is 4.74 Å². The van der Waals surface area contributed by atoms with Crippen LogP contribution in [-0.4, -0.2) is 22.4 Å². The number of aromatic hydroxyl groups is 1. The van der Waals surface area contributed by atoms with Crippen LogP contribution in [0, 0.1) is 5.92 Å². The molecule has 0 fully saturated rings. The molecule has 2 aliphatic rings. The van der Waals surface area contributed by atoms with Gasteiger partial charge in [-0.15, -0.1) is 0 Å². The van der Waals surface area contributed by atoms with Gasteiger partial charge in [0.25, 0.3) is 0 Å². The second-order valence-corrected chi connectivity index (χ2v) is 9.98. The molecule has 3 heteroatoms. The van der Waals surface area contributed by atoms with Crippen molar-refractivity contribution in [2.45, 2.75) is 96.5 Å². The summed E-state index contributed by atoms with van der Waals surface area (Å²) >= 11 is 0. The molecule has 2 atom stereocenters. The molecule has 1 unspecified atom stereocenters. The van der Waals surface area contributed by atoms with Crippen LogP contribution in [0.4, 0.5) is 0 Å².